The van der Waals surface area contributed by atoms with Crippen LogP contribution in [0.3, 0.4) is 0 Å². The van der Waals surface area contributed by atoms with E-state index in [1.165, 1.54) is 0 Å². The van der Waals surface area contributed by atoms with Crippen LogP contribution in [0.15, 0.2) is 18.3 Å². The highest BCUT2D eigenvalue weighted by Crippen LogP contribution is 2.30. The second-order valence-electron chi connectivity index (χ2n) is 8.85. The van der Waals surface area contributed by atoms with Crippen molar-refractivity contribution in [2.45, 2.75) is 46.0 Å². The first kappa shape index (κ1) is 28.5. The first-order valence-electron chi connectivity index (χ1n) is 12.3. The summed E-state index contributed by atoms with van der Waals surface area (Å²) in [5.74, 6) is 1.32. The van der Waals surface area contributed by atoms with E-state index in [-0.39, 0.29) is 24.9 Å². The van der Waals surface area contributed by atoms with Gasteiger partial charge in [-0.3, -0.25) is 0 Å². The summed E-state index contributed by atoms with van der Waals surface area (Å²) >= 11 is 0. The van der Waals surface area contributed by atoms with Gasteiger partial charge in [-0.2, -0.15) is 18.2 Å². The molecule has 2 unspecified atom stereocenters. The number of aryl methyl sites for hydroxylation is 1. The van der Waals surface area contributed by atoms with E-state index < -0.39 is 18.9 Å². The quantitative estimate of drug-likeness (QED) is 0.244. The van der Waals surface area contributed by atoms with Crippen LogP contribution in [0, 0.1) is 12.3 Å². The first-order valence-corrected chi connectivity index (χ1v) is 12.3. The van der Waals surface area contributed by atoms with Crippen LogP contribution in [0.2, 0.25) is 0 Å². The van der Waals surface area contributed by atoms with Crippen molar-refractivity contribution in [2.24, 2.45) is 0 Å². The molecule has 1 saturated heterocycles. The van der Waals surface area contributed by atoms with Gasteiger partial charge in [0.15, 0.2) is 5.82 Å². The molecule has 3 heterocycles. The summed E-state index contributed by atoms with van der Waals surface area (Å²) in [7, 11) is 0. The number of anilines is 4. The van der Waals surface area contributed by atoms with Crippen LogP contribution in [0.4, 0.5) is 36.4 Å². The number of rotatable bonds is 12. The van der Waals surface area contributed by atoms with Gasteiger partial charge in [-0.25, -0.2) is 9.97 Å². The first-order chi connectivity index (χ1) is 17.6. The number of alkyl halides is 3. The summed E-state index contributed by atoms with van der Waals surface area (Å²) in [6.45, 7) is 8.61. The van der Waals surface area contributed by atoms with E-state index in [0.29, 0.717) is 48.7 Å². The van der Waals surface area contributed by atoms with Gasteiger partial charge in [0.1, 0.15) is 23.8 Å². The maximum atomic E-state index is 12.5. The molecule has 0 saturated carbocycles. The predicted octanol–water partition coefficient (Wildman–Crippen LogP) is 3.51. The van der Waals surface area contributed by atoms with Crippen molar-refractivity contribution >= 4 is 29.0 Å². The number of aromatic nitrogens is 3. The molecular formula is C24H35F3N8O2. The van der Waals surface area contributed by atoms with Gasteiger partial charge in [-0.1, -0.05) is 0 Å². The van der Waals surface area contributed by atoms with Crippen molar-refractivity contribution in [3.05, 3.63) is 29.6 Å². The molecule has 204 valence electrons. The monoisotopic (exact) mass is 524 g/mol. The molecule has 13 heteroatoms. The van der Waals surface area contributed by atoms with Crippen LogP contribution in [-0.2, 0) is 9.47 Å². The Balaban J connectivity index is 2.01. The molecule has 37 heavy (non-hydrogen) atoms. The van der Waals surface area contributed by atoms with Crippen LogP contribution in [0.25, 0.3) is 0 Å². The van der Waals surface area contributed by atoms with Crippen molar-refractivity contribution in [3.8, 4) is 0 Å². The van der Waals surface area contributed by atoms with Crippen LogP contribution >= 0.6 is 0 Å². The number of hydrogen-bond donors (Lipinski definition) is 4. The maximum absolute atomic E-state index is 12.5. The van der Waals surface area contributed by atoms with Crippen LogP contribution in [-0.4, -0.2) is 85.0 Å². The molecule has 0 spiro atoms. The van der Waals surface area contributed by atoms with Crippen molar-refractivity contribution in [3.63, 3.8) is 0 Å². The fraction of sp³-hybridized carbons (Fsp3) is 0.583. The third-order valence-corrected chi connectivity index (χ3v) is 5.60. The highest BCUT2D eigenvalue weighted by atomic mass is 19.4. The molecule has 0 aromatic carbocycles. The minimum absolute atomic E-state index is 0.0443. The van der Waals surface area contributed by atoms with Crippen molar-refractivity contribution in [2.75, 3.05) is 61.5 Å². The molecule has 10 nitrogen and oxygen atoms in total. The summed E-state index contributed by atoms with van der Waals surface area (Å²) in [6.07, 6.45) is -3.31. The van der Waals surface area contributed by atoms with Gasteiger partial charge in [0.25, 0.3) is 0 Å². The second kappa shape index (κ2) is 13.0. The molecule has 0 radical (unpaired) electrons. The Bertz CT molecular complexity index is 1050. The molecule has 1 aliphatic rings. The lowest BCUT2D eigenvalue weighted by Gasteiger charge is -2.32. The lowest BCUT2D eigenvalue weighted by atomic mass is 10.1. The number of halogens is 3. The second-order valence-corrected chi connectivity index (χ2v) is 8.85. The standard InChI is InChI=1S/C24H35F3N8O2/c1-5-37-17(4)19(28)20-21(31-9-11-36-14-24(25,26)27)22(32-18-12-15(2)6-7-30-18)34-23(33-20)35-10-8-29-16(3)13-35/h6-7,12,16-17,28-29,31H,5,8-11,13-14H2,1-4H3,(H,30,32,33,34). The molecule has 1 fully saturated rings. The summed E-state index contributed by atoms with van der Waals surface area (Å²) in [5, 5.41) is 18.5. The van der Waals surface area contributed by atoms with Crippen molar-refractivity contribution in [1.29, 1.82) is 5.41 Å². The molecule has 3 rings (SSSR count). The van der Waals surface area contributed by atoms with Gasteiger partial charge in [-0.05, 0) is 45.4 Å². The van der Waals surface area contributed by atoms with Gasteiger partial charge >= 0.3 is 6.18 Å². The Morgan fingerprint density at radius 2 is 2.14 bits per heavy atom. The highest BCUT2D eigenvalue weighted by Gasteiger charge is 2.28. The lowest BCUT2D eigenvalue weighted by molar-refractivity contribution is -0.172. The van der Waals surface area contributed by atoms with Gasteiger partial charge in [0.05, 0.1) is 18.4 Å². The molecule has 2 aromatic rings. The third-order valence-electron chi connectivity index (χ3n) is 5.60. The Kier molecular flexibility index (Phi) is 10.0. The SMILES string of the molecule is CCOC(C)C(=N)c1nc(N2CCNC(C)C2)nc(Nc2cc(C)ccn2)c1NCCOCC(F)(F)F. The van der Waals surface area contributed by atoms with Gasteiger partial charge in [0, 0.05) is 45.0 Å². The predicted molar refractivity (Wildman–Crippen MR) is 137 cm³/mol. The summed E-state index contributed by atoms with van der Waals surface area (Å²) in [5.41, 5.74) is 1.76. The Labute approximate surface area is 214 Å². The Morgan fingerprint density at radius 3 is 2.81 bits per heavy atom. The van der Waals surface area contributed by atoms with E-state index in [1.807, 2.05) is 30.9 Å². The van der Waals surface area contributed by atoms with Gasteiger partial charge < -0.3 is 35.7 Å². The maximum Gasteiger partial charge on any atom is 0.411 e. The van der Waals surface area contributed by atoms with Crippen LogP contribution in [0.1, 0.15) is 32.0 Å². The van der Waals surface area contributed by atoms with E-state index in [0.717, 1.165) is 12.1 Å². The number of hydrogen-bond acceptors (Lipinski definition) is 10. The zero-order valence-electron chi connectivity index (χ0n) is 21.6. The van der Waals surface area contributed by atoms with Gasteiger partial charge in [-0.15, -0.1) is 0 Å². The normalized spacial score (nSPS) is 16.9. The summed E-state index contributed by atoms with van der Waals surface area (Å²) in [6, 6.07) is 3.93. The van der Waals surface area contributed by atoms with Crippen molar-refractivity contribution in [1.82, 2.24) is 20.3 Å². The summed E-state index contributed by atoms with van der Waals surface area (Å²) in [4.78, 5) is 15.9. The molecule has 0 bridgehead atoms. The van der Waals surface area contributed by atoms with E-state index in [2.05, 4.69) is 27.9 Å². The largest absolute Gasteiger partial charge is 0.411 e. The average molecular weight is 525 g/mol. The third kappa shape index (κ3) is 8.51. The number of piperazine rings is 1. The van der Waals surface area contributed by atoms with Crippen LogP contribution in [0.5, 0.6) is 0 Å². The van der Waals surface area contributed by atoms with Crippen molar-refractivity contribution < 1.29 is 22.6 Å². The van der Waals surface area contributed by atoms with Crippen LogP contribution < -0.4 is 20.9 Å². The molecule has 0 amide bonds. The van der Waals surface area contributed by atoms with E-state index in [1.54, 1.807) is 13.1 Å². The Morgan fingerprint density at radius 1 is 1.35 bits per heavy atom. The number of ether oxygens (including phenoxy) is 2. The molecule has 0 aliphatic carbocycles. The van der Waals surface area contributed by atoms with Gasteiger partial charge in [0.2, 0.25) is 5.95 Å². The highest BCUT2D eigenvalue weighted by molar-refractivity contribution is 6.06. The average Bonchev–Trinajstić information content (AvgIpc) is 2.83. The number of nitrogens with zero attached hydrogens (tertiary/aromatic N) is 4. The number of nitrogens with one attached hydrogen (secondary N) is 4. The Hall–Kier alpha value is -3.03. The zero-order valence-corrected chi connectivity index (χ0v) is 21.6. The molecule has 1 aliphatic heterocycles. The smallest absolute Gasteiger partial charge is 0.378 e. The molecule has 2 atom stereocenters. The fourth-order valence-electron chi connectivity index (χ4n) is 3.84. The topological polar surface area (TPSA) is 120 Å². The van der Waals surface area contributed by atoms with E-state index in [4.69, 9.17) is 24.9 Å². The number of pyridine rings is 1. The summed E-state index contributed by atoms with van der Waals surface area (Å²) < 4.78 is 47.9. The zero-order chi connectivity index (χ0) is 27.0. The lowest BCUT2D eigenvalue weighted by Crippen LogP contribution is -2.50. The fourth-order valence-corrected chi connectivity index (χ4v) is 3.84. The van der Waals surface area contributed by atoms with E-state index in [9.17, 15) is 13.2 Å². The minimum atomic E-state index is -4.41. The van der Waals surface area contributed by atoms with E-state index >= 15 is 0 Å². The minimum Gasteiger partial charge on any atom is -0.378 e. The molecule has 4 N–H and O–H groups in total. The molecular weight excluding hydrogens is 489 g/mol. The molecule has 2 aromatic heterocycles.